The molecular weight excluding hydrogens is 330 g/mol. The molecule has 2 rings (SSSR count). The molecule has 6 nitrogen and oxygen atoms in total. The van der Waals surface area contributed by atoms with Gasteiger partial charge in [-0.05, 0) is 37.6 Å². The minimum absolute atomic E-state index is 0.182. The van der Waals surface area contributed by atoms with Gasteiger partial charge in [0, 0.05) is 19.3 Å². The van der Waals surface area contributed by atoms with Crippen LogP contribution in [0.5, 0.6) is 0 Å². The highest BCUT2D eigenvalue weighted by molar-refractivity contribution is 5.96. The molecule has 0 spiro atoms. The lowest BCUT2D eigenvalue weighted by Gasteiger charge is -2.20. The Kier molecular flexibility index (Phi) is 7.17. The highest BCUT2D eigenvalue weighted by atomic mass is 16.5. The van der Waals surface area contributed by atoms with E-state index in [1.54, 1.807) is 0 Å². The lowest BCUT2D eigenvalue weighted by Crippen LogP contribution is -2.25. The van der Waals surface area contributed by atoms with Gasteiger partial charge in [-0.1, -0.05) is 30.3 Å². The van der Waals surface area contributed by atoms with E-state index in [9.17, 15) is 9.59 Å². The van der Waals surface area contributed by atoms with E-state index in [1.165, 1.54) is 0 Å². The van der Waals surface area contributed by atoms with Crippen molar-refractivity contribution < 1.29 is 14.3 Å². The molecule has 0 heterocycles. The molecule has 2 N–H and O–H groups in total. The van der Waals surface area contributed by atoms with Crippen LogP contribution in [0.15, 0.2) is 48.5 Å². The highest BCUT2D eigenvalue weighted by Gasteiger charge is 2.10. The van der Waals surface area contributed by atoms with Gasteiger partial charge in [-0.2, -0.15) is 0 Å². The molecule has 0 atom stereocenters. The average molecular weight is 355 g/mol. The minimum Gasteiger partial charge on any atom is -0.373 e. The summed E-state index contributed by atoms with van der Waals surface area (Å²) in [6.45, 7) is 4.40. The number of hydrogen-bond donors (Lipinski definition) is 2. The normalized spacial score (nSPS) is 10.3. The monoisotopic (exact) mass is 355 g/mol. The van der Waals surface area contributed by atoms with Crippen LogP contribution in [0.3, 0.4) is 0 Å². The molecule has 26 heavy (non-hydrogen) atoms. The zero-order valence-electron chi connectivity index (χ0n) is 15.4. The number of carbonyl (C=O) groups excluding carboxylic acids is 2. The zero-order chi connectivity index (χ0) is 18.9. The summed E-state index contributed by atoms with van der Waals surface area (Å²) in [5, 5.41) is 5.58. The Morgan fingerprint density at radius 3 is 2.08 bits per heavy atom. The van der Waals surface area contributed by atoms with E-state index < -0.39 is 0 Å². The predicted molar refractivity (Wildman–Crippen MR) is 105 cm³/mol. The molecule has 0 bridgehead atoms. The number of nitrogens with zero attached hydrogens (tertiary/aromatic N) is 1. The van der Waals surface area contributed by atoms with Gasteiger partial charge in [0.2, 0.25) is 11.8 Å². The van der Waals surface area contributed by atoms with E-state index in [1.807, 2.05) is 74.3 Å². The molecule has 0 aliphatic rings. The molecule has 0 saturated heterocycles. The summed E-state index contributed by atoms with van der Waals surface area (Å²) in [6, 6.07) is 15.0. The maximum Gasteiger partial charge on any atom is 0.250 e. The van der Waals surface area contributed by atoms with Crippen LogP contribution in [-0.2, 0) is 14.3 Å². The number of hydrogen-bond acceptors (Lipinski definition) is 4. The number of nitrogens with one attached hydrogen (secondary N) is 2. The Bertz CT molecular complexity index is 761. The number of aryl methyl sites for hydroxylation is 1. The van der Waals surface area contributed by atoms with Gasteiger partial charge in [-0.25, -0.2) is 0 Å². The number of anilines is 3. The van der Waals surface area contributed by atoms with Gasteiger partial charge in [0.1, 0.15) is 13.2 Å². The summed E-state index contributed by atoms with van der Waals surface area (Å²) in [7, 11) is 1.96. The topological polar surface area (TPSA) is 70.7 Å². The Hall–Kier alpha value is -2.86. The van der Waals surface area contributed by atoms with Crippen LogP contribution in [0.1, 0.15) is 12.5 Å². The first-order valence-electron chi connectivity index (χ1n) is 8.54. The van der Waals surface area contributed by atoms with Gasteiger partial charge in [0.15, 0.2) is 0 Å². The molecule has 2 amide bonds. The smallest absolute Gasteiger partial charge is 0.250 e. The van der Waals surface area contributed by atoms with E-state index in [0.717, 1.165) is 29.2 Å². The molecule has 0 fully saturated rings. The molecule has 2 aromatic carbocycles. The molecule has 0 saturated carbocycles. The lowest BCUT2D eigenvalue weighted by molar-refractivity contribution is -0.125. The van der Waals surface area contributed by atoms with Crippen molar-refractivity contribution >= 4 is 28.9 Å². The highest BCUT2D eigenvalue weighted by Crippen LogP contribution is 2.24. The summed E-state index contributed by atoms with van der Waals surface area (Å²) in [6.07, 6.45) is 0. The van der Waals surface area contributed by atoms with Crippen molar-refractivity contribution in [1.82, 2.24) is 0 Å². The molecule has 2 aromatic rings. The van der Waals surface area contributed by atoms with Crippen LogP contribution >= 0.6 is 0 Å². The predicted octanol–water partition coefficient (Wildman–Crippen LogP) is 3.04. The Morgan fingerprint density at radius 2 is 1.46 bits per heavy atom. The first-order chi connectivity index (χ1) is 12.5. The third-order valence-electron chi connectivity index (χ3n) is 3.95. The number of ether oxygens (including phenoxy) is 1. The fraction of sp³-hybridized carbons (Fsp3) is 0.300. The minimum atomic E-state index is -0.300. The Balaban J connectivity index is 1.81. The fourth-order valence-corrected chi connectivity index (χ4v) is 2.40. The SMILES string of the molecule is CCN(C)c1ccccc1NC(=O)COCC(=O)Nc1ccccc1C. The van der Waals surface area contributed by atoms with Crippen molar-refractivity contribution in [1.29, 1.82) is 0 Å². The molecule has 0 aliphatic carbocycles. The van der Waals surface area contributed by atoms with Gasteiger partial charge in [0.25, 0.3) is 0 Å². The van der Waals surface area contributed by atoms with Crippen LogP contribution in [0.25, 0.3) is 0 Å². The Morgan fingerprint density at radius 1 is 0.923 bits per heavy atom. The number of carbonyl (C=O) groups is 2. The molecule has 0 aromatic heterocycles. The fourth-order valence-electron chi connectivity index (χ4n) is 2.40. The Labute approximate surface area is 154 Å². The van der Waals surface area contributed by atoms with Crippen LogP contribution in [-0.4, -0.2) is 38.6 Å². The second kappa shape index (κ2) is 9.58. The summed E-state index contributed by atoms with van der Waals surface area (Å²) in [4.78, 5) is 26.0. The van der Waals surface area contributed by atoms with Crippen molar-refractivity contribution in [2.24, 2.45) is 0 Å². The van der Waals surface area contributed by atoms with Crippen LogP contribution in [0.4, 0.5) is 17.1 Å². The summed E-state index contributed by atoms with van der Waals surface area (Å²) in [5.74, 6) is -0.594. The molecule has 0 radical (unpaired) electrons. The molecular formula is C20H25N3O3. The van der Waals surface area contributed by atoms with Crippen LogP contribution in [0, 0.1) is 6.92 Å². The van der Waals surface area contributed by atoms with Gasteiger partial charge >= 0.3 is 0 Å². The van der Waals surface area contributed by atoms with E-state index in [4.69, 9.17) is 4.74 Å². The summed E-state index contributed by atoms with van der Waals surface area (Å²) in [5.41, 5.74) is 3.35. The summed E-state index contributed by atoms with van der Waals surface area (Å²) < 4.78 is 5.23. The largest absolute Gasteiger partial charge is 0.373 e. The first-order valence-corrected chi connectivity index (χ1v) is 8.54. The molecule has 0 unspecified atom stereocenters. The van der Waals surface area contributed by atoms with Crippen molar-refractivity contribution in [3.05, 3.63) is 54.1 Å². The second-order valence-corrected chi connectivity index (χ2v) is 5.94. The van der Waals surface area contributed by atoms with Gasteiger partial charge < -0.3 is 20.3 Å². The maximum absolute atomic E-state index is 12.1. The van der Waals surface area contributed by atoms with Crippen LogP contribution < -0.4 is 15.5 Å². The number of amides is 2. The van der Waals surface area contributed by atoms with Gasteiger partial charge in [0.05, 0.1) is 11.4 Å². The van der Waals surface area contributed by atoms with E-state index in [-0.39, 0.29) is 25.0 Å². The standard InChI is InChI=1S/C20H25N3O3/c1-4-23(3)18-12-8-7-11-17(18)22-20(25)14-26-13-19(24)21-16-10-6-5-9-15(16)2/h5-12H,4,13-14H2,1-3H3,(H,21,24)(H,22,25). The summed E-state index contributed by atoms with van der Waals surface area (Å²) >= 11 is 0. The second-order valence-electron chi connectivity index (χ2n) is 5.94. The number of para-hydroxylation sites is 3. The zero-order valence-corrected chi connectivity index (χ0v) is 15.4. The van der Waals surface area contributed by atoms with Crippen LogP contribution in [0.2, 0.25) is 0 Å². The number of rotatable bonds is 8. The number of benzene rings is 2. The van der Waals surface area contributed by atoms with Crippen molar-refractivity contribution in [3.8, 4) is 0 Å². The first kappa shape index (κ1) is 19.5. The van der Waals surface area contributed by atoms with E-state index in [2.05, 4.69) is 10.6 Å². The molecule has 0 aliphatic heterocycles. The average Bonchev–Trinajstić information content (AvgIpc) is 2.63. The van der Waals surface area contributed by atoms with E-state index in [0.29, 0.717) is 0 Å². The lowest BCUT2D eigenvalue weighted by atomic mass is 10.2. The third-order valence-corrected chi connectivity index (χ3v) is 3.95. The van der Waals surface area contributed by atoms with Crippen molar-refractivity contribution in [2.45, 2.75) is 13.8 Å². The van der Waals surface area contributed by atoms with Gasteiger partial charge in [-0.3, -0.25) is 9.59 Å². The quantitative estimate of drug-likeness (QED) is 0.763. The van der Waals surface area contributed by atoms with E-state index >= 15 is 0 Å². The van der Waals surface area contributed by atoms with Crippen molar-refractivity contribution in [3.63, 3.8) is 0 Å². The third kappa shape index (κ3) is 5.60. The van der Waals surface area contributed by atoms with Crippen molar-refractivity contribution in [2.75, 3.05) is 42.3 Å². The maximum atomic E-state index is 12.1. The van der Waals surface area contributed by atoms with Gasteiger partial charge in [-0.15, -0.1) is 0 Å². The molecule has 138 valence electrons. The molecule has 6 heteroatoms.